The Labute approximate surface area is 163 Å². The number of benzene rings is 2. The van der Waals surface area contributed by atoms with E-state index in [0.29, 0.717) is 5.95 Å². The zero-order chi connectivity index (χ0) is 19.0. The summed E-state index contributed by atoms with van der Waals surface area (Å²) >= 11 is 0. The quantitative estimate of drug-likeness (QED) is 0.599. The molecule has 6 heteroatoms. The molecule has 140 valence electrons. The third-order valence-electron chi connectivity index (χ3n) is 5.78. The van der Waals surface area contributed by atoms with Crippen LogP contribution in [-0.4, -0.2) is 32.7 Å². The molecule has 4 aromatic rings. The van der Waals surface area contributed by atoms with Gasteiger partial charge >= 0.3 is 0 Å². The maximum absolute atomic E-state index is 6.14. The fourth-order valence-electron chi connectivity index (χ4n) is 4.40. The van der Waals surface area contributed by atoms with E-state index in [2.05, 4.69) is 80.7 Å². The van der Waals surface area contributed by atoms with Crippen LogP contribution >= 0.6 is 0 Å². The van der Waals surface area contributed by atoms with Gasteiger partial charge in [-0.1, -0.05) is 60.7 Å². The number of anilines is 2. The smallest absolute Gasteiger partial charge is 0.209 e. The van der Waals surface area contributed by atoms with E-state index in [1.807, 2.05) is 6.07 Å². The molecular formula is C22H22N6. The van der Waals surface area contributed by atoms with Crippen LogP contribution in [-0.2, 0) is 5.41 Å². The Hall–Kier alpha value is -3.41. The van der Waals surface area contributed by atoms with Crippen LogP contribution in [0, 0.1) is 0 Å². The van der Waals surface area contributed by atoms with Crippen LogP contribution in [0.2, 0.25) is 0 Å². The van der Waals surface area contributed by atoms with Crippen LogP contribution in [0.25, 0.3) is 5.65 Å². The summed E-state index contributed by atoms with van der Waals surface area (Å²) in [5.41, 5.74) is 9.45. The summed E-state index contributed by atoms with van der Waals surface area (Å²) in [5.74, 6) is 1.27. The van der Waals surface area contributed by atoms with Gasteiger partial charge in [0.05, 0.1) is 0 Å². The monoisotopic (exact) mass is 370 g/mol. The summed E-state index contributed by atoms with van der Waals surface area (Å²) in [6.07, 6.45) is 3.76. The van der Waals surface area contributed by atoms with E-state index in [9.17, 15) is 0 Å². The minimum Gasteiger partial charge on any atom is -0.369 e. The average Bonchev–Trinajstić information content (AvgIpc) is 3.24. The minimum absolute atomic E-state index is 0.0863. The Morgan fingerprint density at radius 3 is 2.29 bits per heavy atom. The molecule has 2 aromatic carbocycles. The van der Waals surface area contributed by atoms with Gasteiger partial charge in [-0.15, -0.1) is 10.2 Å². The van der Waals surface area contributed by atoms with Gasteiger partial charge < -0.3 is 10.6 Å². The lowest BCUT2D eigenvalue weighted by molar-refractivity contribution is 0.401. The first-order valence-electron chi connectivity index (χ1n) is 9.58. The number of rotatable bonds is 3. The van der Waals surface area contributed by atoms with Crippen molar-refractivity contribution >= 4 is 17.4 Å². The Bertz CT molecular complexity index is 1050. The van der Waals surface area contributed by atoms with Gasteiger partial charge in [-0.05, 0) is 24.0 Å². The first-order chi connectivity index (χ1) is 13.8. The molecule has 0 aliphatic carbocycles. The van der Waals surface area contributed by atoms with Crippen molar-refractivity contribution in [3.8, 4) is 0 Å². The normalized spacial score (nSPS) is 16.4. The lowest BCUT2D eigenvalue weighted by Crippen LogP contribution is -2.47. The van der Waals surface area contributed by atoms with Crippen molar-refractivity contribution in [2.45, 2.75) is 18.3 Å². The Kier molecular flexibility index (Phi) is 3.97. The second kappa shape index (κ2) is 6.64. The molecule has 5 rings (SSSR count). The van der Waals surface area contributed by atoms with Crippen molar-refractivity contribution in [1.29, 1.82) is 0 Å². The van der Waals surface area contributed by atoms with Crippen LogP contribution in [0.4, 0.5) is 11.8 Å². The van der Waals surface area contributed by atoms with Gasteiger partial charge in [-0.25, -0.2) is 0 Å². The van der Waals surface area contributed by atoms with Gasteiger partial charge in [0.2, 0.25) is 5.95 Å². The van der Waals surface area contributed by atoms with E-state index < -0.39 is 0 Å². The highest BCUT2D eigenvalue weighted by Crippen LogP contribution is 2.41. The molecule has 0 spiro atoms. The first-order valence-corrected chi connectivity index (χ1v) is 9.58. The summed E-state index contributed by atoms with van der Waals surface area (Å²) in [6.45, 7) is 1.79. The zero-order valence-electron chi connectivity index (χ0n) is 15.6. The second-order valence-electron chi connectivity index (χ2n) is 7.37. The number of aromatic nitrogens is 4. The van der Waals surface area contributed by atoms with Crippen molar-refractivity contribution in [3.05, 3.63) is 84.2 Å². The number of hydrogen-bond acceptors (Lipinski definition) is 5. The average molecular weight is 370 g/mol. The molecule has 2 aromatic heterocycles. The fourth-order valence-corrected chi connectivity index (χ4v) is 4.40. The van der Waals surface area contributed by atoms with Crippen LogP contribution in [0.1, 0.15) is 24.0 Å². The number of nitrogens with zero attached hydrogens (tertiary/aromatic N) is 5. The molecule has 0 radical (unpaired) electrons. The van der Waals surface area contributed by atoms with Crippen molar-refractivity contribution < 1.29 is 0 Å². The van der Waals surface area contributed by atoms with Crippen LogP contribution < -0.4 is 10.6 Å². The zero-order valence-corrected chi connectivity index (χ0v) is 15.6. The van der Waals surface area contributed by atoms with Crippen LogP contribution in [0.5, 0.6) is 0 Å². The predicted molar refractivity (Wildman–Crippen MR) is 110 cm³/mol. The molecule has 0 atom stereocenters. The maximum Gasteiger partial charge on any atom is 0.209 e. The predicted octanol–water partition coefficient (Wildman–Crippen LogP) is 3.29. The largest absolute Gasteiger partial charge is 0.369 e. The van der Waals surface area contributed by atoms with Crippen molar-refractivity contribution in [2.75, 3.05) is 23.7 Å². The topological polar surface area (TPSA) is 72.3 Å². The third-order valence-corrected chi connectivity index (χ3v) is 5.78. The highest BCUT2D eigenvalue weighted by Gasteiger charge is 2.39. The van der Waals surface area contributed by atoms with Gasteiger partial charge in [0.25, 0.3) is 0 Å². The Morgan fingerprint density at radius 1 is 0.929 bits per heavy atom. The van der Waals surface area contributed by atoms with E-state index >= 15 is 0 Å². The van der Waals surface area contributed by atoms with E-state index in [-0.39, 0.29) is 5.41 Å². The fraction of sp³-hybridized carbons (Fsp3) is 0.227. The number of nitrogens with two attached hydrogens (primary N) is 1. The molecule has 28 heavy (non-hydrogen) atoms. The van der Waals surface area contributed by atoms with E-state index in [4.69, 9.17) is 5.73 Å². The Balaban J connectivity index is 1.61. The maximum atomic E-state index is 6.14. The van der Waals surface area contributed by atoms with Crippen molar-refractivity contribution in [2.24, 2.45) is 0 Å². The lowest BCUT2D eigenvalue weighted by atomic mass is 9.69. The van der Waals surface area contributed by atoms with Gasteiger partial charge in [0.1, 0.15) is 12.1 Å². The third kappa shape index (κ3) is 2.69. The van der Waals surface area contributed by atoms with E-state index in [0.717, 1.165) is 37.4 Å². The lowest BCUT2D eigenvalue weighted by Gasteiger charge is -2.44. The van der Waals surface area contributed by atoms with Crippen molar-refractivity contribution in [3.63, 3.8) is 0 Å². The number of piperidine rings is 1. The van der Waals surface area contributed by atoms with Crippen molar-refractivity contribution in [1.82, 2.24) is 19.6 Å². The summed E-state index contributed by atoms with van der Waals surface area (Å²) < 4.78 is 1.70. The molecule has 1 saturated heterocycles. The SMILES string of the molecule is Nc1nc(N2CCCC(c3ccccc3)(c3ccccc3)C2)cc2nncn12. The molecule has 0 saturated carbocycles. The molecule has 0 unspecified atom stereocenters. The summed E-state index contributed by atoms with van der Waals surface area (Å²) in [7, 11) is 0. The molecule has 1 aliphatic rings. The van der Waals surface area contributed by atoms with Crippen LogP contribution in [0.15, 0.2) is 73.1 Å². The second-order valence-corrected chi connectivity index (χ2v) is 7.37. The highest BCUT2D eigenvalue weighted by molar-refractivity contribution is 5.57. The van der Waals surface area contributed by atoms with E-state index in [1.54, 1.807) is 10.7 Å². The number of hydrogen-bond donors (Lipinski definition) is 1. The highest BCUT2D eigenvalue weighted by atomic mass is 15.3. The van der Waals surface area contributed by atoms with Gasteiger partial charge in [-0.2, -0.15) is 4.98 Å². The standard InChI is InChI=1S/C22H22N6/c23-21-25-19(14-20-26-24-16-28(20)21)27-13-7-12-22(15-27,17-8-3-1-4-9-17)18-10-5-2-6-11-18/h1-6,8-11,14,16H,7,12-13,15H2,(H2,23,25). The molecule has 6 nitrogen and oxygen atoms in total. The first kappa shape index (κ1) is 16.7. The molecule has 1 fully saturated rings. The molecule has 3 heterocycles. The molecule has 2 N–H and O–H groups in total. The molecule has 0 amide bonds. The Morgan fingerprint density at radius 2 is 1.61 bits per heavy atom. The van der Waals surface area contributed by atoms with Gasteiger partial charge in [0.15, 0.2) is 5.65 Å². The van der Waals surface area contributed by atoms with Gasteiger partial charge in [-0.3, -0.25) is 4.40 Å². The van der Waals surface area contributed by atoms with Crippen LogP contribution in [0.3, 0.4) is 0 Å². The molecule has 1 aliphatic heterocycles. The van der Waals surface area contributed by atoms with Gasteiger partial charge in [0, 0.05) is 24.6 Å². The molecule has 0 bridgehead atoms. The number of fused-ring (bicyclic) bond motifs is 1. The number of nitrogen functional groups attached to an aromatic ring is 1. The summed E-state index contributed by atoms with van der Waals surface area (Å²) in [4.78, 5) is 6.96. The molecular weight excluding hydrogens is 348 g/mol. The summed E-state index contributed by atoms with van der Waals surface area (Å²) in [6, 6.07) is 23.5. The summed E-state index contributed by atoms with van der Waals surface area (Å²) in [5, 5.41) is 8.10. The minimum atomic E-state index is -0.0863. The van der Waals surface area contributed by atoms with E-state index in [1.165, 1.54) is 11.1 Å².